The number of benzene rings is 2. The Morgan fingerprint density at radius 3 is 2.19 bits per heavy atom. The van der Waals surface area contributed by atoms with E-state index < -0.39 is 0 Å². The van der Waals surface area contributed by atoms with E-state index >= 15 is 0 Å². The number of hydrogen-bond acceptors (Lipinski definition) is 3. The standard InChI is InChI=1S/C27H32N4O/c1-20-17-25(18-21(2)28-20)30-27(32)29-24-13-15-31(19-24)16-14-26(22-9-5-3-6-10-22)23-11-7-4-8-12-23/h3-12,17-18,24,26H,13-16,19H2,1-2H3,(H2,28,29,30,32)/t24-/m0/s1. The number of nitrogens with one attached hydrogen (secondary N) is 2. The minimum atomic E-state index is -0.145. The van der Waals surface area contributed by atoms with Crippen molar-refractivity contribution in [2.45, 2.75) is 38.6 Å². The van der Waals surface area contributed by atoms with Gasteiger partial charge in [-0.2, -0.15) is 0 Å². The van der Waals surface area contributed by atoms with Gasteiger partial charge in [-0.25, -0.2) is 4.79 Å². The number of aryl methyl sites for hydroxylation is 2. The van der Waals surface area contributed by atoms with Gasteiger partial charge in [0.1, 0.15) is 0 Å². The van der Waals surface area contributed by atoms with Gasteiger partial charge in [-0.3, -0.25) is 4.98 Å². The predicted octanol–water partition coefficient (Wildman–Crippen LogP) is 5.12. The summed E-state index contributed by atoms with van der Waals surface area (Å²) in [5.41, 5.74) is 5.30. The van der Waals surface area contributed by atoms with Crippen molar-refractivity contribution in [2.24, 2.45) is 0 Å². The third kappa shape index (κ3) is 5.95. The van der Waals surface area contributed by atoms with Crippen LogP contribution in [-0.4, -0.2) is 41.6 Å². The fourth-order valence-corrected chi connectivity index (χ4v) is 4.62. The van der Waals surface area contributed by atoms with Crippen LogP contribution >= 0.6 is 0 Å². The van der Waals surface area contributed by atoms with Crippen LogP contribution < -0.4 is 10.6 Å². The monoisotopic (exact) mass is 428 g/mol. The lowest BCUT2D eigenvalue weighted by molar-refractivity contribution is 0.247. The highest BCUT2D eigenvalue weighted by Gasteiger charge is 2.25. The highest BCUT2D eigenvalue weighted by Crippen LogP contribution is 2.28. The number of carbonyl (C=O) groups excluding carboxylic acids is 1. The summed E-state index contributed by atoms with van der Waals surface area (Å²) in [7, 11) is 0. The highest BCUT2D eigenvalue weighted by molar-refractivity contribution is 5.89. The summed E-state index contributed by atoms with van der Waals surface area (Å²) in [5, 5.41) is 6.09. The van der Waals surface area contributed by atoms with Gasteiger partial charge in [-0.1, -0.05) is 60.7 Å². The molecule has 0 bridgehead atoms. The molecule has 4 rings (SSSR count). The van der Waals surface area contributed by atoms with E-state index in [1.54, 1.807) is 0 Å². The number of rotatable bonds is 7. The van der Waals surface area contributed by atoms with Crippen LogP contribution in [0.4, 0.5) is 10.5 Å². The Kier molecular flexibility index (Phi) is 7.17. The molecule has 1 fully saturated rings. The topological polar surface area (TPSA) is 57.3 Å². The van der Waals surface area contributed by atoms with Crippen LogP contribution in [0.5, 0.6) is 0 Å². The Morgan fingerprint density at radius 2 is 1.59 bits per heavy atom. The Labute approximate surface area is 190 Å². The van der Waals surface area contributed by atoms with Gasteiger partial charge in [-0.15, -0.1) is 0 Å². The van der Waals surface area contributed by atoms with E-state index in [-0.39, 0.29) is 12.1 Å². The molecule has 2 N–H and O–H groups in total. The zero-order valence-electron chi connectivity index (χ0n) is 18.9. The van der Waals surface area contributed by atoms with E-state index in [4.69, 9.17) is 0 Å². The molecule has 1 atom stereocenters. The summed E-state index contributed by atoms with van der Waals surface area (Å²) >= 11 is 0. The van der Waals surface area contributed by atoms with Gasteiger partial charge in [0.05, 0.1) is 0 Å². The first-order valence-electron chi connectivity index (χ1n) is 11.4. The zero-order chi connectivity index (χ0) is 22.3. The fourth-order valence-electron chi connectivity index (χ4n) is 4.62. The molecule has 0 aliphatic carbocycles. The molecule has 166 valence electrons. The summed E-state index contributed by atoms with van der Waals surface area (Å²) in [5.74, 6) is 0.380. The van der Waals surface area contributed by atoms with Crippen molar-refractivity contribution in [3.8, 4) is 0 Å². The second kappa shape index (κ2) is 10.4. The summed E-state index contributed by atoms with van der Waals surface area (Å²) in [6.45, 7) is 6.77. The van der Waals surface area contributed by atoms with Gasteiger partial charge in [0.2, 0.25) is 0 Å². The van der Waals surface area contributed by atoms with Gasteiger partial charge in [0, 0.05) is 42.1 Å². The third-order valence-corrected chi connectivity index (χ3v) is 6.08. The molecule has 32 heavy (non-hydrogen) atoms. The summed E-state index contributed by atoms with van der Waals surface area (Å²) in [6, 6.07) is 25.3. The molecular weight excluding hydrogens is 396 g/mol. The molecule has 0 saturated carbocycles. The van der Waals surface area contributed by atoms with Crippen molar-refractivity contribution >= 4 is 11.7 Å². The van der Waals surface area contributed by atoms with Crippen molar-refractivity contribution in [3.63, 3.8) is 0 Å². The number of carbonyl (C=O) groups is 1. The minimum absolute atomic E-state index is 0.145. The molecule has 0 unspecified atom stereocenters. The van der Waals surface area contributed by atoms with Crippen molar-refractivity contribution in [2.75, 3.05) is 25.0 Å². The fraction of sp³-hybridized carbons (Fsp3) is 0.333. The number of nitrogens with zero attached hydrogens (tertiary/aromatic N) is 2. The first-order valence-corrected chi connectivity index (χ1v) is 11.4. The van der Waals surface area contributed by atoms with Crippen LogP contribution in [0.2, 0.25) is 0 Å². The van der Waals surface area contributed by atoms with Crippen LogP contribution in [-0.2, 0) is 0 Å². The van der Waals surface area contributed by atoms with Gasteiger partial charge >= 0.3 is 6.03 Å². The van der Waals surface area contributed by atoms with E-state index in [1.807, 2.05) is 26.0 Å². The van der Waals surface area contributed by atoms with Crippen LogP contribution in [0.3, 0.4) is 0 Å². The molecule has 1 aromatic heterocycles. The lowest BCUT2D eigenvalue weighted by atomic mass is 9.88. The molecule has 3 aromatic rings. The Balaban J connectivity index is 1.30. The van der Waals surface area contributed by atoms with E-state index in [9.17, 15) is 4.79 Å². The Bertz CT molecular complexity index is 963. The number of hydrogen-bond donors (Lipinski definition) is 2. The number of likely N-dealkylation sites (tertiary alicyclic amines) is 1. The maximum absolute atomic E-state index is 12.5. The first-order chi connectivity index (χ1) is 15.6. The second-order valence-electron chi connectivity index (χ2n) is 8.69. The molecule has 1 aliphatic rings. The molecule has 1 aliphatic heterocycles. The maximum Gasteiger partial charge on any atom is 0.319 e. The SMILES string of the molecule is Cc1cc(NC(=O)N[C@H]2CCN(CCC(c3ccccc3)c3ccccc3)C2)cc(C)n1. The van der Waals surface area contributed by atoms with Crippen molar-refractivity contribution in [1.82, 2.24) is 15.2 Å². The smallest absolute Gasteiger partial charge is 0.319 e. The number of anilines is 1. The van der Waals surface area contributed by atoms with Gasteiger partial charge < -0.3 is 15.5 Å². The lowest BCUT2D eigenvalue weighted by Crippen LogP contribution is -2.39. The third-order valence-electron chi connectivity index (χ3n) is 6.08. The van der Waals surface area contributed by atoms with E-state index in [2.05, 4.69) is 81.2 Å². The molecule has 5 heteroatoms. The average molecular weight is 429 g/mol. The number of aromatic nitrogens is 1. The van der Waals surface area contributed by atoms with E-state index in [0.717, 1.165) is 49.6 Å². The lowest BCUT2D eigenvalue weighted by Gasteiger charge is -2.22. The minimum Gasteiger partial charge on any atom is -0.334 e. The molecular formula is C27H32N4O. The number of amides is 2. The van der Waals surface area contributed by atoms with E-state index in [1.165, 1.54) is 11.1 Å². The maximum atomic E-state index is 12.5. The van der Waals surface area contributed by atoms with Crippen LogP contribution in [0.15, 0.2) is 72.8 Å². The predicted molar refractivity (Wildman–Crippen MR) is 130 cm³/mol. The second-order valence-corrected chi connectivity index (χ2v) is 8.69. The van der Waals surface area contributed by atoms with Crippen molar-refractivity contribution < 1.29 is 4.79 Å². The average Bonchev–Trinajstić information content (AvgIpc) is 3.21. The molecule has 2 amide bonds. The Hall–Kier alpha value is -3.18. The largest absolute Gasteiger partial charge is 0.334 e. The molecule has 1 saturated heterocycles. The van der Waals surface area contributed by atoms with Gasteiger partial charge in [0.25, 0.3) is 0 Å². The molecule has 0 radical (unpaired) electrons. The van der Waals surface area contributed by atoms with Crippen LogP contribution in [0.25, 0.3) is 0 Å². The first kappa shape index (κ1) is 22.0. The van der Waals surface area contributed by atoms with Gasteiger partial charge in [0.15, 0.2) is 0 Å². The molecule has 2 heterocycles. The molecule has 5 nitrogen and oxygen atoms in total. The zero-order valence-corrected chi connectivity index (χ0v) is 18.9. The quantitative estimate of drug-likeness (QED) is 0.549. The highest BCUT2D eigenvalue weighted by atomic mass is 16.2. The van der Waals surface area contributed by atoms with E-state index in [0.29, 0.717) is 5.92 Å². The summed E-state index contributed by atoms with van der Waals surface area (Å²) in [4.78, 5) is 19.3. The molecule has 2 aromatic carbocycles. The van der Waals surface area contributed by atoms with Crippen LogP contribution in [0, 0.1) is 13.8 Å². The molecule has 0 spiro atoms. The van der Waals surface area contributed by atoms with Crippen molar-refractivity contribution in [1.29, 1.82) is 0 Å². The van der Waals surface area contributed by atoms with Crippen LogP contribution in [0.1, 0.15) is 41.3 Å². The summed E-state index contributed by atoms with van der Waals surface area (Å²) < 4.78 is 0. The summed E-state index contributed by atoms with van der Waals surface area (Å²) in [6.07, 6.45) is 2.03. The van der Waals surface area contributed by atoms with Crippen molar-refractivity contribution in [3.05, 3.63) is 95.3 Å². The van der Waals surface area contributed by atoms with Gasteiger partial charge in [-0.05, 0) is 56.5 Å². The number of urea groups is 1. The number of pyridine rings is 1. The normalized spacial score (nSPS) is 16.3. The Morgan fingerprint density at radius 1 is 1.00 bits per heavy atom.